The van der Waals surface area contributed by atoms with Crippen LogP contribution < -0.4 is 5.32 Å². The van der Waals surface area contributed by atoms with Crippen LogP contribution in [0.3, 0.4) is 0 Å². The first-order valence-electron chi connectivity index (χ1n) is 5.59. The fourth-order valence-corrected chi connectivity index (χ4v) is 2.03. The van der Waals surface area contributed by atoms with Gasteiger partial charge in [-0.15, -0.1) is 11.3 Å². The summed E-state index contributed by atoms with van der Waals surface area (Å²) in [7, 11) is 0. The maximum absolute atomic E-state index is 11.9. The van der Waals surface area contributed by atoms with E-state index in [2.05, 4.69) is 10.3 Å². The normalized spacial score (nSPS) is 10.8. The molecule has 0 saturated carbocycles. The van der Waals surface area contributed by atoms with E-state index in [0.29, 0.717) is 5.13 Å². The molecule has 0 bridgehead atoms. The second kappa shape index (κ2) is 5.94. The third-order valence-corrected chi connectivity index (χ3v) is 3.19. The van der Waals surface area contributed by atoms with Gasteiger partial charge in [0.2, 0.25) is 0 Å². The molecule has 0 atom stereocenters. The zero-order valence-electron chi connectivity index (χ0n) is 10.3. The molecule has 2 rings (SSSR count). The number of thiazole rings is 1. The lowest BCUT2D eigenvalue weighted by atomic mass is 10.1. The molecule has 94 valence electrons. The van der Waals surface area contributed by atoms with Crippen molar-refractivity contribution in [2.24, 2.45) is 0 Å². The highest BCUT2D eigenvalue weighted by atomic mass is 32.1. The Bertz CT molecular complexity index is 654. The van der Waals surface area contributed by atoms with Gasteiger partial charge in [0.15, 0.2) is 5.13 Å². The zero-order chi connectivity index (χ0) is 13.7. The van der Waals surface area contributed by atoms with Gasteiger partial charge in [0.1, 0.15) is 11.6 Å². The molecule has 1 aromatic carbocycles. The molecule has 1 amide bonds. The summed E-state index contributed by atoms with van der Waals surface area (Å²) in [6.45, 7) is 1.93. The van der Waals surface area contributed by atoms with Crippen molar-refractivity contribution in [1.29, 1.82) is 5.26 Å². The van der Waals surface area contributed by atoms with E-state index in [0.717, 1.165) is 11.1 Å². The van der Waals surface area contributed by atoms with Gasteiger partial charge in [0, 0.05) is 11.6 Å². The average Bonchev–Trinajstić information content (AvgIpc) is 2.90. The summed E-state index contributed by atoms with van der Waals surface area (Å²) in [5.74, 6) is -0.444. The topological polar surface area (TPSA) is 65.8 Å². The molecule has 5 heteroatoms. The van der Waals surface area contributed by atoms with Gasteiger partial charge in [-0.1, -0.05) is 24.3 Å². The van der Waals surface area contributed by atoms with E-state index in [4.69, 9.17) is 5.26 Å². The second-order valence-electron chi connectivity index (χ2n) is 3.82. The van der Waals surface area contributed by atoms with Crippen LogP contribution in [0, 0.1) is 18.3 Å². The molecular weight excluding hydrogens is 258 g/mol. The summed E-state index contributed by atoms with van der Waals surface area (Å²) < 4.78 is 0. The predicted octanol–water partition coefficient (Wildman–Crippen LogP) is 3.00. The summed E-state index contributed by atoms with van der Waals surface area (Å²) in [5.41, 5.74) is 1.93. The van der Waals surface area contributed by atoms with Gasteiger partial charge in [-0.05, 0) is 24.1 Å². The number of aryl methyl sites for hydroxylation is 1. The minimum Gasteiger partial charge on any atom is -0.297 e. The smallest absolute Gasteiger partial charge is 0.268 e. The maximum atomic E-state index is 11.9. The van der Waals surface area contributed by atoms with Crippen LogP contribution in [0.15, 0.2) is 41.4 Å². The predicted molar refractivity (Wildman–Crippen MR) is 75.5 cm³/mol. The van der Waals surface area contributed by atoms with E-state index in [1.807, 2.05) is 37.3 Å². The van der Waals surface area contributed by atoms with Crippen molar-refractivity contribution in [2.45, 2.75) is 6.92 Å². The van der Waals surface area contributed by atoms with Gasteiger partial charge in [0.25, 0.3) is 5.91 Å². The lowest BCUT2D eigenvalue weighted by Crippen LogP contribution is -2.13. The minimum atomic E-state index is -0.444. The van der Waals surface area contributed by atoms with Gasteiger partial charge < -0.3 is 0 Å². The molecule has 0 aliphatic carbocycles. The zero-order valence-corrected chi connectivity index (χ0v) is 11.1. The lowest BCUT2D eigenvalue weighted by Gasteiger charge is -2.02. The molecule has 1 N–H and O–H groups in total. The van der Waals surface area contributed by atoms with Crippen LogP contribution in [-0.4, -0.2) is 10.9 Å². The largest absolute Gasteiger partial charge is 0.297 e. The van der Waals surface area contributed by atoms with Crippen molar-refractivity contribution >= 4 is 28.5 Å². The Hall–Kier alpha value is -2.45. The van der Waals surface area contributed by atoms with E-state index in [1.54, 1.807) is 17.7 Å². The number of hydrogen-bond donors (Lipinski definition) is 1. The number of rotatable bonds is 3. The van der Waals surface area contributed by atoms with Crippen molar-refractivity contribution < 1.29 is 4.79 Å². The van der Waals surface area contributed by atoms with Crippen molar-refractivity contribution in [3.63, 3.8) is 0 Å². The van der Waals surface area contributed by atoms with Crippen LogP contribution in [0.4, 0.5) is 5.13 Å². The number of nitriles is 1. The third kappa shape index (κ3) is 3.27. The molecule has 0 radical (unpaired) electrons. The number of nitrogens with zero attached hydrogens (tertiary/aromatic N) is 2. The number of carbonyl (C=O) groups is 1. The lowest BCUT2D eigenvalue weighted by molar-refractivity contribution is -0.112. The summed E-state index contributed by atoms with van der Waals surface area (Å²) in [5, 5.41) is 13.9. The molecule has 2 aromatic rings. The maximum Gasteiger partial charge on any atom is 0.268 e. The van der Waals surface area contributed by atoms with Crippen LogP contribution in [0.1, 0.15) is 11.1 Å². The fraction of sp³-hybridized carbons (Fsp3) is 0.0714. The van der Waals surface area contributed by atoms with Gasteiger partial charge >= 0.3 is 0 Å². The molecule has 0 fully saturated rings. The first kappa shape index (κ1) is 13.0. The van der Waals surface area contributed by atoms with Gasteiger partial charge in [-0.3, -0.25) is 10.1 Å². The van der Waals surface area contributed by atoms with Crippen molar-refractivity contribution in [3.8, 4) is 6.07 Å². The number of anilines is 1. The Morgan fingerprint density at radius 3 is 2.89 bits per heavy atom. The van der Waals surface area contributed by atoms with Crippen LogP contribution >= 0.6 is 11.3 Å². The first-order valence-corrected chi connectivity index (χ1v) is 6.47. The minimum absolute atomic E-state index is 0.0597. The molecule has 1 aromatic heterocycles. The molecule has 0 unspecified atom stereocenters. The molecule has 0 spiro atoms. The van der Waals surface area contributed by atoms with Gasteiger partial charge in [0.05, 0.1) is 0 Å². The molecular formula is C14H11N3OS. The highest BCUT2D eigenvalue weighted by molar-refractivity contribution is 7.13. The standard InChI is InChI=1S/C14H11N3OS/c1-10-4-2-3-5-11(10)8-12(9-15)13(18)17-14-16-6-7-19-14/h2-8H,1H3,(H,16,17,18)/b12-8+. The van der Waals surface area contributed by atoms with E-state index in [-0.39, 0.29) is 5.57 Å². The Labute approximate surface area is 115 Å². The third-order valence-electron chi connectivity index (χ3n) is 2.51. The highest BCUT2D eigenvalue weighted by Crippen LogP contribution is 2.15. The Kier molecular flexibility index (Phi) is 4.06. The Morgan fingerprint density at radius 1 is 1.47 bits per heavy atom. The SMILES string of the molecule is Cc1ccccc1/C=C(\C#N)C(=O)Nc1nccs1. The summed E-state index contributed by atoms with van der Waals surface area (Å²) in [6, 6.07) is 9.49. The number of nitrogens with one attached hydrogen (secondary N) is 1. The molecule has 4 nitrogen and oxygen atoms in total. The van der Waals surface area contributed by atoms with E-state index in [9.17, 15) is 4.79 Å². The van der Waals surface area contributed by atoms with E-state index >= 15 is 0 Å². The van der Waals surface area contributed by atoms with Crippen LogP contribution in [0.2, 0.25) is 0 Å². The van der Waals surface area contributed by atoms with Crippen LogP contribution in [0.25, 0.3) is 6.08 Å². The molecule has 1 heterocycles. The van der Waals surface area contributed by atoms with Gasteiger partial charge in [-0.2, -0.15) is 5.26 Å². The molecule has 0 aliphatic heterocycles. The number of aromatic nitrogens is 1. The molecule has 19 heavy (non-hydrogen) atoms. The molecule has 0 aliphatic rings. The number of hydrogen-bond acceptors (Lipinski definition) is 4. The quantitative estimate of drug-likeness (QED) is 0.688. The van der Waals surface area contributed by atoms with Crippen LogP contribution in [-0.2, 0) is 4.79 Å². The first-order chi connectivity index (χ1) is 9.20. The van der Waals surface area contributed by atoms with Crippen LogP contribution in [0.5, 0.6) is 0 Å². The average molecular weight is 269 g/mol. The monoisotopic (exact) mass is 269 g/mol. The van der Waals surface area contributed by atoms with E-state index < -0.39 is 5.91 Å². The van der Waals surface area contributed by atoms with E-state index in [1.165, 1.54) is 11.3 Å². The van der Waals surface area contributed by atoms with Crippen molar-refractivity contribution in [2.75, 3.05) is 5.32 Å². The fourth-order valence-electron chi connectivity index (χ4n) is 1.50. The summed E-state index contributed by atoms with van der Waals surface area (Å²) >= 11 is 1.31. The highest BCUT2D eigenvalue weighted by Gasteiger charge is 2.10. The Morgan fingerprint density at radius 2 is 2.26 bits per heavy atom. The van der Waals surface area contributed by atoms with Crippen molar-refractivity contribution in [1.82, 2.24) is 4.98 Å². The summed E-state index contributed by atoms with van der Waals surface area (Å²) in [6.07, 6.45) is 3.18. The number of benzene rings is 1. The molecule has 0 saturated heterocycles. The number of amides is 1. The Balaban J connectivity index is 2.23. The van der Waals surface area contributed by atoms with Gasteiger partial charge in [-0.25, -0.2) is 4.98 Å². The summed E-state index contributed by atoms with van der Waals surface area (Å²) in [4.78, 5) is 15.9. The second-order valence-corrected chi connectivity index (χ2v) is 4.71. The van der Waals surface area contributed by atoms with Crippen molar-refractivity contribution in [3.05, 3.63) is 52.5 Å². The number of carbonyl (C=O) groups excluding carboxylic acids is 1.